The predicted molar refractivity (Wildman–Crippen MR) is 109 cm³/mol. The summed E-state index contributed by atoms with van der Waals surface area (Å²) in [6, 6.07) is 14.3. The van der Waals surface area contributed by atoms with E-state index < -0.39 is 0 Å². The second-order valence-corrected chi connectivity index (χ2v) is 7.45. The number of nitrogens with zero attached hydrogens (tertiary/aromatic N) is 1. The summed E-state index contributed by atoms with van der Waals surface area (Å²) < 4.78 is 0. The molecule has 0 spiro atoms. The lowest BCUT2D eigenvalue weighted by atomic mass is 10.0. The van der Waals surface area contributed by atoms with E-state index >= 15 is 0 Å². The van der Waals surface area contributed by atoms with Gasteiger partial charge in [0.15, 0.2) is 0 Å². The van der Waals surface area contributed by atoms with Crippen molar-refractivity contribution in [2.75, 3.05) is 16.0 Å². The molecule has 0 fully saturated rings. The number of aryl methyl sites for hydroxylation is 1. The third-order valence-electron chi connectivity index (χ3n) is 4.12. The lowest BCUT2D eigenvalue weighted by Gasteiger charge is -2.16. The molecule has 1 heterocycles. The van der Waals surface area contributed by atoms with Gasteiger partial charge in [-0.05, 0) is 42.5 Å². The zero-order valence-corrected chi connectivity index (χ0v) is 16.2. The lowest BCUT2D eigenvalue weighted by Crippen LogP contribution is -2.31. The average molecular weight is 380 g/mol. The molecule has 0 saturated heterocycles. The Morgan fingerprint density at radius 3 is 2.19 bits per heavy atom. The van der Waals surface area contributed by atoms with E-state index in [0.717, 1.165) is 11.1 Å². The van der Waals surface area contributed by atoms with Crippen LogP contribution in [0.3, 0.4) is 0 Å². The molecule has 1 aliphatic rings. The second-order valence-electron chi connectivity index (χ2n) is 6.18. The van der Waals surface area contributed by atoms with Gasteiger partial charge in [-0.25, -0.2) is 4.90 Å². The van der Waals surface area contributed by atoms with Crippen molar-refractivity contribution < 1.29 is 14.4 Å². The zero-order valence-electron chi connectivity index (χ0n) is 15.4. The number of thioether (sulfide) groups is 1. The van der Waals surface area contributed by atoms with E-state index in [4.69, 9.17) is 0 Å². The van der Waals surface area contributed by atoms with E-state index in [-0.39, 0.29) is 17.7 Å². The van der Waals surface area contributed by atoms with Crippen LogP contribution >= 0.6 is 11.8 Å². The standard InChI is InChI=1S/C21H20N2O3S/c1-4-27-19-18(15-7-5-13(2)6-8-15)20(25)23(21(19)26)17-11-9-16(10-12-17)22-14(3)24/h5-12H,4H2,1-3H3,(H,22,24). The Hall–Kier alpha value is -2.86. The van der Waals surface area contributed by atoms with Crippen LogP contribution in [0.4, 0.5) is 11.4 Å². The van der Waals surface area contributed by atoms with Gasteiger partial charge in [0.25, 0.3) is 11.8 Å². The molecule has 2 aromatic carbocycles. The molecule has 5 nitrogen and oxygen atoms in total. The van der Waals surface area contributed by atoms with Crippen molar-refractivity contribution >= 4 is 46.4 Å². The van der Waals surface area contributed by atoms with Crippen molar-refractivity contribution in [3.63, 3.8) is 0 Å². The minimum Gasteiger partial charge on any atom is -0.326 e. The molecule has 0 aliphatic carbocycles. The van der Waals surface area contributed by atoms with E-state index in [1.807, 2.05) is 38.1 Å². The number of rotatable bonds is 5. The molecule has 0 atom stereocenters. The molecule has 0 bridgehead atoms. The molecule has 1 N–H and O–H groups in total. The molecule has 0 saturated carbocycles. The normalized spacial score (nSPS) is 14.1. The topological polar surface area (TPSA) is 66.5 Å². The summed E-state index contributed by atoms with van der Waals surface area (Å²) in [5.74, 6) is -0.123. The summed E-state index contributed by atoms with van der Waals surface area (Å²) in [6.45, 7) is 5.35. The van der Waals surface area contributed by atoms with Crippen molar-refractivity contribution in [1.82, 2.24) is 0 Å². The molecule has 1 aliphatic heterocycles. The summed E-state index contributed by atoms with van der Waals surface area (Å²) in [5, 5.41) is 2.67. The summed E-state index contributed by atoms with van der Waals surface area (Å²) in [5.41, 5.74) is 3.37. The van der Waals surface area contributed by atoms with Crippen molar-refractivity contribution in [2.45, 2.75) is 20.8 Å². The van der Waals surface area contributed by atoms with Crippen LogP contribution in [-0.4, -0.2) is 23.5 Å². The number of carbonyl (C=O) groups excluding carboxylic acids is 3. The first-order chi connectivity index (χ1) is 12.9. The number of benzene rings is 2. The maximum Gasteiger partial charge on any atom is 0.272 e. The molecular formula is C21H20N2O3S. The van der Waals surface area contributed by atoms with E-state index in [2.05, 4.69) is 5.32 Å². The van der Waals surface area contributed by atoms with E-state index in [1.165, 1.54) is 23.6 Å². The summed E-state index contributed by atoms with van der Waals surface area (Å²) in [6.07, 6.45) is 0. The number of amides is 3. The minimum absolute atomic E-state index is 0.180. The van der Waals surface area contributed by atoms with Crippen LogP contribution in [0.15, 0.2) is 53.4 Å². The van der Waals surface area contributed by atoms with Gasteiger partial charge in [-0.1, -0.05) is 36.8 Å². The Bertz CT molecular complexity index is 931. The lowest BCUT2D eigenvalue weighted by molar-refractivity contribution is -0.120. The fourth-order valence-corrected chi connectivity index (χ4v) is 3.75. The van der Waals surface area contributed by atoms with Crippen LogP contribution in [0.5, 0.6) is 0 Å². The van der Waals surface area contributed by atoms with Crippen LogP contribution in [0.25, 0.3) is 5.57 Å². The maximum absolute atomic E-state index is 13.1. The van der Waals surface area contributed by atoms with Gasteiger partial charge in [-0.15, -0.1) is 11.8 Å². The van der Waals surface area contributed by atoms with Gasteiger partial charge in [0, 0.05) is 12.6 Å². The Kier molecular flexibility index (Phi) is 5.46. The van der Waals surface area contributed by atoms with Crippen LogP contribution in [0.2, 0.25) is 0 Å². The molecular weight excluding hydrogens is 360 g/mol. The van der Waals surface area contributed by atoms with Crippen molar-refractivity contribution in [2.24, 2.45) is 0 Å². The van der Waals surface area contributed by atoms with Crippen LogP contribution in [0, 0.1) is 6.92 Å². The quantitative estimate of drug-likeness (QED) is 0.797. The van der Waals surface area contributed by atoms with Crippen molar-refractivity contribution in [1.29, 1.82) is 0 Å². The largest absolute Gasteiger partial charge is 0.326 e. The minimum atomic E-state index is -0.327. The Morgan fingerprint density at radius 2 is 1.63 bits per heavy atom. The number of imide groups is 1. The summed E-state index contributed by atoms with van der Waals surface area (Å²) in [7, 11) is 0. The Balaban J connectivity index is 1.98. The molecule has 2 aromatic rings. The molecule has 6 heteroatoms. The van der Waals surface area contributed by atoms with Gasteiger partial charge >= 0.3 is 0 Å². The van der Waals surface area contributed by atoms with Gasteiger partial charge < -0.3 is 5.32 Å². The van der Waals surface area contributed by atoms with Crippen LogP contribution in [0.1, 0.15) is 25.0 Å². The Labute approximate surface area is 162 Å². The highest BCUT2D eigenvalue weighted by atomic mass is 32.2. The fraction of sp³-hybridized carbons (Fsp3) is 0.190. The van der Waals surface area contributed by atoms with Crippen LogP contribution in [-0.2, 0) is 14.4 Å². The molecule has 0 unspecified atom stereocenters. The number of hydrogen-bond donors (Lipinski definition) is 1. The average Bonchev–Trinajstić information content (AvgIpc) is 2.87. The Morgan fingerprint density at radius 1 is 1.00 bits per heavy atom. The van der Waals surface area contributed by atoms with Gasteiger partial charge in [0.2, 0.25) is 5.91 Å². The molecule has 3 rings (SSSR count). The number of nitrogens with one attached hydrogen (secondary N) is 1. The smallest absolute Gasteiger partial charge is 0.272 e. The van der Waals surface area contributed by atoms with Crippen molar-refractivity contribution in [3.8, 4) is 0 Å². The first-order valence-corrected chi connectivity index (χ1v) is 9.61. The molecule has 27 heavy (non-hydrogen) atoms. The highest BCUT2D eigenvalue weighted by Gasteiger charge is 2.39. The SMILES string of the molecule is CCSC1=C(c2ccc(C)cc2)C(=O)N(c2ccc(NC(C)=O)cc2)C1=O. The van der Waals surface area contributed by atoms with Gasteiger partial charge in [0.05, 0.1) is 16.2 Å². The first-order valence-electron chi connectivity index (χ1n) is 8.63. The molecule has 0 aromatic heterocycles. The monoisotopic (exact) mass is 380 g/mol. The highest BCUT2D eigenvalue weighted by molar-refractivity contribution is 8.04. The van der Waals surface area contributed by atoms with Crippen LogP contribution < -0.4 is 10.2 Å². The summed E-state index contributed by atoms with van der Waals surface area (Å²) >= 11 is 1.38. The first kappa shape index (κ1) is 18.9. The van der Waals surface area contributed by atoms with Gasteiger partial charge in [-0.2, -0.15) is 0 Å². The van der Waals surface area contributed by atoms with Gasteiger partial charge in [-0.3, -0.25) is 14.4 Å². The van der Waals surface area contributed by atoms with E-state index in [0.29, 0.717) is 27.6 Å². The van der Waals surface area contributed by atoms with E-state index in [1.54, 1.807) is 24.3 Å². The molecule has 0 radical (unpaired) electrons. The third kappa shape index (κ3) is 3.80. The van der Waals surface area contributed by atoms with Gasteiger partial charge in [0.1, 0.15) is 0 Å². The highest BCUT2D eigenvalue weighted by Crippen LogP contribution is 2.38. The number of anilines is 2. The number of hydrogen-bond acceptors (Lipinski definition) is 4. The molecule has 138 valence electrons. The third-order valence-corrected chi connectivity index (χ3v) is 5.07. The second kappa shape index (κ2) is 7.80. The number of carbonyl (C=O) groups is 3. The van der Waals surface area contributed by atoms with E-state index in [9.17, 15) is 14.4 Å². The zero-order chi connectivity index (χ0) is 19.6. The fourth-order valence-electron chi connectivity index (χ4n) is 2.89. The molecule has 3 amide bonds. The maximum atomic E-state index is 13.1. The predicted octanol–water partition coefficient (Wildman–Crippen LogP) is 3.99. The van der Waals surface area contributed by atoms with Crippen molar-refractivity contribution in [3.05, 3.63) is 64.6 Å². The summed E-state index contributed by atoms with van der Waals surface area (Å²) in [4.78, 5) is 38.9.